The van der Waals surface area contributed by atoms with Crippen molar-refractivity contribution in [2.24, 2.45) is 5.92 Å². The smallest absolute Gasteiger partial charge is 0.254 e. The van der Waals surface area contributed by atoms with Crippen molar-refractivity contribution >= 4 is 15.9 Å². The first-order valence-electron chi connectivity index (χ1n) is 11.7. The number of carbonyl (C=O) groups is 1. The van der Waals surface area contributed by atoms with E-state index in [-0.39, 0.29) is 10.8 Å². The predicted molar refractivity (Wildman–Crippen MR) is 133 cm³/mol. The molecule has 0 unspecified atom stereocenters. The normalized spacial score (nSPS) is 15.2. The van der Waals surface area contributed by atoms with Crippen LogP contribution < -0.4 is 0 Å². The molecule has 1 aliphatic rings. The maximum Gasteiger partial charge on any atom is 0.254 e. The zero-order valence-electron chi connectivity index (χ0n) is 19.7. The van der Waals surface area contributed by atoms with Crippen molar-refractivity contribution in [1.82, 2.24) is 14.2 Å². The zero-order valence-corrected chi connectivity index (χ0v) is 20.5. The number of rotatable bonds is 7. The van der Waals surface area contributed by atoms with Gasteiger partial charge in [-0.2, -0.15) is 4.31 Å². The first-order chi connectivity index (χ1) is 16.3. The van der Waals surface area contributed by atoms with Gasteiger partial charge in [0.25, 0.3) is 5.91 Å². The van der Waals surface area contributed by atoms with Gasteiger partial charge in [-0.25, -0.2) is 8.42 Å². The van der Waals surface area contributed by atoms with E-state index >= 15 is 0 Å². The van der Waals surface area contributed by atoms with Gasteiger partial charge in [0.2, 0.25) is 10.0 Å². The van der Waals surface area contributed by atoms with E-state index in [0.717, 1.165) is 29.5 Å². The third-order valence-corrected chi connectivity index (χ3v) is 8.40. The van der Waals surface area contributed by atoms with Gasteiger partial charge >= 0.3 is 0 Å². The fourth-order valence-corrected chi connectivity index (χ4v) is 5.70. The Labute approximate surface area is 202 Å². The van der Waals surface area contributed by atoms with Crippen LogP contribution in [-0.2, 0) is 23.1 Å². The van der Waals surface area contributed by atoms with Crippen molar-refractivity contribution in [2.45, 2.75) is 44.7 Å². The fourth-order valence-electron chi connectivity index (χ4n) is 4.23. The Morgan fingerprint density at radius 2 is 1.71 bits per heavy atom. The maximum atomic E-state index is 13.5. The SMILES string of the molecule is Cc1ccccc1CN(Cc1cccnc1)C(=O)c1ccc(S(=O)(=O)N2CCC(C)CC2)cc1. The topological polar surface area (TPSA) is 70.6 Å². The number of carbonyl (C=O) groups excluding carboxylic acids is 1. The Kier molecular flexibility index (Phi) is 7.44. The van der Waals surface area contributed by atoms with Gasteiger partial charge in [0, 0.05) is 44.1 Å². The molecular weight excluding hydrogens is 446 g/mol. The molecular formula is C27H31N3O3S. The molecule has 1 aromatic heterocycles. The van der Waals surface area contributed by atoms with Crippen molar-refractivity contribution in [3.63, 3.8) is 0 Å². The number of piperidine rings is 1. The molecule has 3 aromatic rings. The van der Waals surface area contributed by atoms with Crippen molar-refractivity contribution < 1.29 is 13.2 Å². The highest BCUT2D eigenvalue weighted by atomic mass is 32.2. The van der Waals surface area contributed by atoms with Crippen molar-refractivity contribution in [1.29, 1.82) is 0 Å². The summed E-state index contributed by atoms with van der Waals surface area (Å²) in [5, 5.41) is 0. The Morgan fingerprint density at radius 1 is 1.00 bits per heavy atom. The Morgan fingerprint density at radius 3 is 2.35 bits per heavy atom. The van der Waals surface area contributed by atoms with E-state index in [4.69, 9.17) is 0 Å². The summed E-state index contributed by atoms with van der Waals surface area (Å²) >= 11 is 0. The lowest BCUT2D eigenvalue weighted by Gasteiger charge is -2.29. The molecule has 0 aliphatic carbocycles. The first kappa shape index (κ1) is 24.1. The highest BCUT2D eigenvalue weighted by molar-refractivity contribution is 7.89. The number of pyridine rings is 1. The van der Waals surface area contributed by atoms with E-state index in [0.29, 0.717) is 37.7 Å². The minimum atomic E-state index is -3.55. The quantitative estimate of drug-likeness (QED) is 0.497. The summed E-state index contributed by atoms with van der Waals surface area (Å²) in [7, 11) is -3.55. The highest BCUT2D eigenvalue weighted by Gasteiger charge is 2.28. The molecule has 2 heterocycles. The van der Waals surface area contributed by atoms with Crippen molar-refractivity contribution in [3.05, 3.63) is 95.3 Å². The second-order valence-electron chi connectivity index (χ2n) is 9.06. The summed E-state index contributed by atoms with van der Waals surface area (Å²) in [6.45, 7) is 6.13. The van der Waals surface area contributed by atoms with Crippen molar-refractivity contribution in [3.8, 4) is 0 Å². The molecule has 34 heavy (non-hydrogen) atoms. The van der Waals surface area contributed by atoms with Gasteiger partial charge in [-0.15, -0.1) is 0 Å². The van der Waals surface area contributed by atoms with Gasteiger partial charge in [0.15, 0.2) is 0 Å². The van der Waals surface area contributed by atoms with E-state index in [9.17, 15) is 13.2 Å². The van der Waals surface area contributed by atoms with E-state index in [2.05, 4.69) is 11.9 Å². The van der Waals surface area contributed by atoms with Crippen LogP contribution in [0.3, 0.4) is 0 Å². The van der Waals surface area contributed by atoms with Gasteiger partial charge < -0.3 is 4.90 Å². The molecule has 0 atom stereocenters. The summed E-state index contributed by atoms with van der Waals surface area (Å²) in [5.74, 6) is 0.397. The van der Waals surface area contributed by atoms with Crippen molar-refractivity contribution in [2.75, 3.05) is 13.1 Å². The molecule has 1 aliphatic heterocycles. The third kappa shape index (κ3) is 5.54. The third-order valence-electron chi connectivity index (χ3n) is 6.49. The summed E-state index contributed by atoms with van der Waals surface area (Å²) in [4.78, 5) is 19.7. The Bertz CT molecular complexity index is 1220. The van der Waals surface area contributed by atoms with Crippen LogP contribution >= 0.6 is 0 Å². The number of benzene rings is 2. The van der Waals surface area contributed by atoms with Crippen LogP contribution in [0.1, 0.15) is 46.8 Å². The van der Waals surface area contributed by atoms with E-state index in [1.807, 2.05) is 43.3 Å². The molecule has 0 saturated carbocycles. The van der Waals surface area contributed by atoms with E-state index in [1.54, 1.807) is 45.9 Å². The average molecular weight is 478 g/mol. The minimum absolute atomic E-state index is 0.150. The summed E-state index contributed by atoms with van der Waals surface area (Å²) in [6.07, 6.45) is 5.21. The molecule has 1 fully saturated rings. The largest absolute Gasteiger partial charge is 0.330 e. The molecule has 6 nitrogen and oxygen atoms in total. The van der Waals surface area contributed by atoms with Crippen LogP contribution in [0.25, 0.3) is 0 Å². The number of nitrogens with zero attached hydrogens (tertiary/aromatic N) is 3. The van der Waals surface area contributed by atoms with Crippen LogP contribution in [0, 0.1) is 12.8 Å². The van der Waals surface area contributed by atoms with Crippen LogP contribution in [0.4, 0.5) is 0 Å². The molecule has 0 bridgehead atoms. The summed E-state index contributed by atoms with van der Waals surface area (Å²) in [5.41, 5.74) is 3.58. The monoisotopic (exact) mass is 477 g/mol. The number of sulfonamides is 1. The van der Waals surface area contributed by atoms with Crippen LogP contribution in [0.15, 0.2) is 78.0 Å². The lowest BCUT2D eigenvalue weighted by molar-refractivity contribution is 0.0729. The van der Waals surface area contributed by atoms with Gasteiger partial charge in [0.1, 0.15) is 0 Å². The van der Waals surface area contributed by atoms with E-state index < -0.39 is 10.0 Å². The molecule has 1 saturated heterocycles. The minimum Gasteiger partial charge on any atom is -0.330 e. The predicted octanol–water partition coefficient (Wildman–Crippen LogP) is 4.65. The second-order valence-corrected chi connectivity index (χ2v) is 11.0. The molecule has 7 heteroatoms. The molecule has 0 N–H and O–H groups in total. The average Bonchev–Trinajstić information content (AvgIpc) is 2.85. The summed E-state index contributed by atoms with van der Waals surface area (Å²) < 4.78 is 27.7. The Hall–Kier alpha value is -3.03. The number of aryl methyl sites for hydroxylation is 1. The van der Waals surface area contributed by atoms with Crippen LogP contribution in [0.5, 0.6) is 0 Å². The molecule has 2 aromatic carbocycles. The first-order valence-corrected chi connectivity index (χ1v) is 13.1. The molecule has 4 rings (SSSR count). The lowest BCUT2D eigenvalue weighted by atomic mass is 10.0. The molecule has 1 amide bonds. The standard InChI is InChI=1S/C27H31N3O3S/c1-21-13-16-30(17-14-21)34(32,33)26-11-9-24(10-12-26)27(31)29(19-23-7-5-15-28-18-23)20-25-8-4-3-6-22(25)2/h3-12,15,18,21H,13-14,16-17,19-20H2,1-2H3. The number of aromatic nitrogens is 1. The molecule has 0 radical (unpaired) electrons. The number of hydrogen-bond donors (Lipinski definition) is 0. The number of amides is 1. The van der Waals surface area contributed by atoms with Gasteiger partial charge in [-0.1, -0.05) is 37.3 Å². The van der Waals surface area contributed by atoms with Crippen LogP contribution in [0.2, 0.25) is 0 Å². The molecule has 0 spiro atoms. The zero-order chi connectivity index (χ0) is 24.1. The number of hydrogen-bond acceptors (Lipinski definition) is 4. The van der Waals surface area contributed by atoms with Gasteiger partial charge in [-0.05, 0) is 72.7 Å². The molecule has 178 valence electrons. The van der Waals surface area contributed by atoms with Crippen LogP contribution in [-0.4, -0.2) is 41.6 Å². The second kappa shape index (κ2) is 10.5. The fraction of sp³-hybridized carbons (Fsp3) is 0.333. The maximum absolute atomic E-state index is 13.5. The summed E-state index contributed by atoms with van der Waals surface area (Å²) in [6, 6.07) is 18.1. The van der Waals surface area contributed by atoms with Gasteiger partial charge in [0.05, 0.1) is 4.90 Å². The lowest BCUT2D eigenvalue weighted by Crippen LogP contribution is -2.37. The highest BCUT2D eigenvalue weighted by Crippen LogP contribution is 2.24. The van der Waals surface area contributed by atoms with Gasteiger partial charge in [-0.3, -0.25) is 9.78 Å². The Balaban J connectivity index is 1.56. The van der Waals surface area contributed by atoms with E-state index in [1.165, 1.54) is 0 Å².